The predicted octanol–water partition coefficient (Wildman–Crippen LogP) is 2.74. The van der Waals surface area contributed by atoms with Gasteiger partial charge in [-0.3, -0.25) is 4.79 Å². The maximum atomic E-state index is 12.3. The predicted molar refractivity (Wildman–Crippen MR) is 83.8 cm³/mol. The van der Waals surface area contributed by atoms with Crippen LogP contribution in [0.15, 0.2) is 34.9 Å². The van der Waals surface area contributed by atoms with Crippen molar-refractivity contribution in [2.45, 2.75) is 37.4 Å². The minimum absolute atomic E-state index is 0.0236. The molecule has 0 saturated carbocycles. The molecule has 0 aliphatic carbocycles. The van der Waals surface area contributed by atoms with Gasteiger partial charge in [-0.05, 0) is 55.1 Å². The van der Waals surface area contributed by atoms with E-state index < -0.39 is 0 Å². The number of benzene rings is 1. The first-order chi connectivity index (χ1) is 11.2. The fourth-order valence-electron chi connectivity index (χ4n) is 3.31. The van der Waals surface area contributed by atoms with Gasteiger partial charge in [-0.1, -0.05) is 0 Å². The van der Waals surface area contributed by atoms with Crippen LogP contribution in [0, 0.1) is 0 Å². The highest BCUT2D eigenvalue weighted by Crippen LogP contribution is 2.28. The number of nitrogens with one attached hydrogen (secondary N) is 2. The molecule has 23 heavy (non-hydrogen) atoms. The minimum atomic E-state index is -0.0568. The van der Waals surface area contributed by atoms with Crippen LogP contribution in [-0.4, -0.2) is 29.0 Å². The normalized spacial score (nSPS) is 25.5. The fraction of sp³-hybridized carbons (Fsp3) is 0.375. The second-order valence-corrected chi connectivity index (χ2v) is 6.25. The largest absolute Gasteiger partial charge is 0.425 e. The van der Waals surface area contributed by atoms with Crippen molar-refractivity contribution < 1.29 is 13.9 Å². The van der Waals surface area contributed by atoms with Crippen molar-refractivity contribution in [3.05, 3.63) is 41.4 Å². The molecule has 3 atom stereocenters. The summed E-state index contributed by atoms with van der Waals surface area (Å²) in [7, 11) is 0. The molecule has 2 N–H and O–H groups in total. The number of ether oxygens (including phenoxy) is 1. The SMILES string of the molecule is O=C(N[C@@H]1C[C@H]2CC[C@@H]1N2)c1ccc(Oc2cnc(Cl)o2)cc1. The van der Waals surface area contributed by atoms with Gasteiger partial charge in [0.2, 0.25) is 0 Å². The molecule has 4 rings (SSSR count). The number of carbonyl (C=O) groups is 1. The van der Waals surface area contributed by atoms with Crippen LogP contribution in [0.5, 0.6) is 11.7 Å². The topological polar surface area (TPSA) is 76.4 Å². The summed E-state index contributed by atoms with van der Waals surface area (Å²) in [5.74, 6) is 0.704. The van der Waals surface area contributed by atoms with E-state index in [1.165, 1.54) is 12.6 Å². The Bertz CT molecular complexity index is 716. The van der Waals surface area contributed by atoms with Crippen LogP contribution >= 0.6 is 11.6 Å². The molecule has 7 heteroatoms. The lowest BCUT2D eigenvalue weighted by molar-refractivity contribution is 0.0931. The molecule has 2 aliphatic heterocycles. The van der Waals surface area contributed by atoms with E-state index in [-0.39, 0.29) is 23.2 Å². The molecule has 3 heterocycles. The number of halogens is 1. The Hall–Kier alpha value is -2.05. The van der Waals surface area contributed by atoms with Crippen molar-refractivity contribution in [2.75, 3.05) is 0 Å². The number of rotatable bonds is 4. The average molecular weight is 334 g/mol. The van der Waals surface area contributed by atoms with Gasteiger partial charge in [0.1, 0.15) is 11.9 Å². The molecule has 120 valence electrons. The molecule has 2 aromatic rings. The maximum absolute atomic E-state index is 12.3. The van der Waals surface area contributed by atoms with Crippen LogP contribution in [0.1, 0.15) is 29.6 Å². The summed E-state index contributed by atoms with van der Waals surface area (Å²) in [5.41, 5.74) is 0.607. The van der Waals surface area contributed by atoms with Crippen molar-refractivity contribution in [2.24, 2.45) is 0 Å². The van der Waals surface area contributed by atoms with E-state index in [1.807, 2.05) is 0 Å². The zero-order valence-corrected chi connectivity index (χ0v) is 13.0. The summed E-state index contributed by atoms with van der Waals surface area (Å²) < 4.78 is 10.5. The maximum Gasteiger partial charge on any atom is 0.311 e. The van der Waals surface area contributed by atoms with E-state index in [1.54, 1.807) is 24.3 Å². The van der Waals surface area contributed by atoms with E-state index >= 15 is 0 Å². The third kappa shape index (κ3) is 3.04. The summed E-state index contributed by atoms with van der Waals surface area (Å²) in [6.45, 7) is 0. The van der Waals surface area contributed by atoms with Gasteiger partial charge in [-0.2, -0.15) is 0 Å². The Morgan fingerprint density at radius 3 is 2.78 bits per heavy atom. The fourth-order valence-corrected chi connectivity index (χ4v) is 3.44. The van der Waals surface area contributed by atoms with E-state index in [9.17, 15) is 4.79 Å². The van der Waals surface area contributed by atoms with Crippen LogP contribution in [0.4, 0.5) is 0 Å². The summed E-state index contributed by atoms with van der Waals surface area (Å²) >= 11 is 5.59. The monoisotopic (exact) mass is 333 g/mol. The lowest BCUT2D eigenvalue weighted by Crippen LogP contribution is -2.42. The number of nitrogens with zero attached hydrogens (tertiary/aromatic N) is 1. The van der Waals surface area contributed by atoms with E-state index in [4.69, 9.17) is 20.8 Å². The van der Waals surface area contributed by atoms with Crippen molar-refractivity contribution in [1.29, 1.82) is 0 Å². The quantitative estimate of drug-likeness (QED) is 0.899. The number of hydrogen-bond acceptors (Lipinski definition) is 5. The standard InChI is InChI=1S/C16H16ClN3O3/c17-16-18-8-14(23-16)22-11-4-1-9(2-5-11)15(21)20-13-7-10-3-6-12(13)19-10/h1-2,4-5,8,10,12-13,19H,3,6-7H2,(H,20,21)/t10-,12+,13-/m1/s1. The Balaban J connectivity index is 1.38. The van der Waals surface area contributed by atoms with Crippen LogP contribution in [0.3, 0.4) is 0 Å². The molecule has 0 radical (unpaired) electrons. The highest BCUT2D eigenvalue weighted by Gasteiger charge is 2.39. The first-order valence-electron chi connectivity index (χ1n) is 7.63. The second kappa shape index (κ2) is 5.86. The van der Waals surface area contributed by atoms with E-state index in [2.05, 4.69) is 15.6 Å². The molecule has 1 aromatic heterocycles. The van der Waals surface area contributed by atoms with Crippen molar-refractivity contribution in [3.8, 4) is 11.7 Å². The van der Waals surface area contributed by atoms with Crippen molar-refractivity contribution in [1.82, 2.24) is 15.6 Å². The van der Waals surface area contributed by atoms with Gasteiger partial charge in [0.25, 0.3) is 11.3 Å². The number of carbonyl (C=O) groups excluding carboxylic acids is 1. The van der Waals surface area contributed by atoms with E-state index in [0.29, 0.717) is 23.4 Å². The molecule has 2 saturated heterocycles. The lowest BCUT2D eigenvalue weighted by atomic mass is 9.95. The van der Waals surface area contributed by atoms with Gasteiger partial charge in [-0.25, -0.2) is 4.98 Å². The number of amides is 1. The molecular weight excluding hydrogens is 318 g/mol. The Labute approximate surface area is 138 Å². The summed E-state index contributed by atoms with van der Waals surface area (Å²) in [6, 6.07) is 8.09. The first kappa shape index (κ1) is 14.5. The average Bonchev–Trinajstić information content (AvgIpc) is 3.25. The zero-order chi connectivity index (χ0) is 15.8. The Morgan fingerprint density at radius 2 is 2.17 bits per heavy atom. The zero-order valence-electron chi connectivity index (χ0n) is 12.3. The molecule has 2 bridgehead atoms. The van der Waals surface area contributed by atoms with Gasteiger partial charge in [0, 0.05) is 23.7 Å². The van der Waals surface area contributed by atoms with Crippen LogP contribution in [-0.2, 0) is 0 Å². The smallest absolute Gasteiger partial charge is 0.311 e. The molecule has 0 unspecified atom stereocenters. The van der Waals surface area contributed by atoms with Crippen LogP contribution in [0.25, 0.3) is 0 Å². The number of fused-ring (bicyclic) bond motifs is 2. The Kier molecular flexibility index (Phi) is 3.71. The van der Waals surface area contributed by atoms with Crippen molar-refractivity contribution >= 4 is 17.5 Å². The molecule has 0 spiro atoms. The van der Waals surface area contributed by atoms with Gasteiger partial charge in [-0.15, -0.1) is 0 Å². The molecule has 2 aliphatic rings. The number of aromatic nitrogens is 1. The summed E-state index contributed by atoms with van der Waals surface area (Å²) in [4.78, 5) is 16.1. The minimum Gasteiger partial charge on any atom is -0.425 e. The molecule has 2 fully saturated rings. The summed E-state index contributed by atoms with van der Waals surface area (Å²) in [6.07, 6.45) is 4.77. The van der Waals surface area contributed by atoms with Crippen LogP contribution in [0.2, 0.25) is 5.35 Å². The van der Waals surface area contributed by atoms with Crippen LogP contribution < -0.4 is 15.4 Å². The van der Waals surface area contributed by atoms with Gasteiger partial charge >= 0.3 is 5.95 Å². The van der Waals surface area contributed by atoms with Crippen molar-refractivity contribution in [3.63, 3.8) is 0 Å². The highest BCUT2D eigenvalue weighted by atomic mass is 35.5. The number of hydrogen-bond donors (Lipinski definition) is 2. The molecule has 1 amide bonds. The second-order valence-electron chi connectivity index (χ2n) is 5.92. The van der Waals surface area contributed by atoms with Gasteiger partial charge in [0.05, 0.1) is 0 Å². The van der Waals surface area contributed by atoms with Gasteiger partial charge in [0.15, 0.2) is 0 Å². The van der Waals surface area contributed by atoms with E-state index in [0.717, 1.165) is 12.8 Å². The first-order valence-corrected chi connectivity index (χ1v) is 8.01. The third-order valence-electron chi connectivity index (χ3n) is 4.41. The third-order valence-corrected chi connectivity index (χ3v) is 4.58. The Morgan fingerprint density at radius 1 is 1.35 bits per heavy atom. The molecule has 1 aromatic carbocycles. The lowest BCUT2D eigenvalue weighted by Gasteiger charge is -2.21. The number of oxazole rings is 1. The molecule has 6 nitrogen and oxygen atoms in total. The van der Waals surface area contributed by atoms with Gasteiger partial charge < -0.3 is 19.8 Å². The summed E-state index contributed by atoms with van der Waals surface area (Å²) in [5, 5.41) is 6.65. The highest BCUT2D eigenvalue weighted by molar-refractivity contribution is 6.27. The molecular formula is C16H16ClN3O3.